The number of hydrogen-bond donors (Lipinski definition) is 2. The summed E-state index contributed by atoms with van der Waals surface area (Å²) in [6, 6.07) is 19.1. The topological polar surface area (TPSA) is 143 Å². The first-order valence-corrected chi connectivity index (χ1v) is 13.4. The largest absolute Gasteiger partial charge is 0.481 e. The molecular formula is C29H33N5O7. The fraction of sp³-hybridized carbons (Fsp3) is 0.345. The predicted molar refractivity (Wildman–Crippen MR) is 148 cm³/mol. The summed E-state index contributed by atoms with van der Waals surface area (Å²) in [5, 5.41) is 16.4. The molecule has 2 N–H and O–H groups in total. The second kappa shape index (κ2) is 14.0. The SMILES string of the molecule is CCOC(=O)N1CCN(C(=O)[C@H](CCC(=O)O)NC(=O)c2cc(OCc3ccccc3)n(-c3ccccc3)n2)CC1. The van der Waals surface area contributed by atoms with Gasteiger partial charge in [-0.15, -0.1) is 0 Å². The fourth-order valence-corrected chi connectivity index (χ4v) is 4.37. The molecule has 2 heterocycles. The normalized spacial score (nSPS) is 13.8. The Morgan fingerprint density at radius 2 is 1.59 bits per heavy atom. The summed E-state index contributed by atoms with van der Waals surface area (Å²) in [7, 11) is 0. The lowest BCUT2D eigenvalue weighted by molar-refractivity contribution is -0.138. The average Bonchev–Trinajstić information content (AvgIpc) is 3.43. The van der Waals surface area contributed by atoms with Crippen molar-refractivity contribution in [2.75, 3.05) is 32.8 Å². The van der Waals surface area contributed by atoms with Crippen molar-refractivity contribution in [3.8, 4) is 11.6 Å². The van der Waals surface area contributed by atoms with Gasteiger partial charge in [-0.3, -0.25) is 14.4 Å². The molecule has 1 aliphatic heterocycles. The lowest BCUT2D eigenvalue weighted by atomic mass is 10.1. The van der Waals surface area contributed by atoms with Gasteiger partial charge in [-0.25, -0.2) is 9.48 Å². The van der Waals surface area contributed by atoms with Crippen LogP contribution in [0.1, 0.15) is 35.8 Å². The number of rotatable bonds is 11. The van der Waals surface area contributed by atoms with Crippen LogP contribution in [0.25, 0.3) is 5.69 Å². The Labute approximate surface area is 237 Å². The van der Waals surface area contributed by atoms with Crippen molar-refractivity contribution >= 4 is 23.9 Å². The molecule has 0 saturated carbocycles. The third-order valence-electron chi connectivity index (χ3n) is 6.51. The summed E-state index contributed by atoms with van der Waals surface area (Å²) < 4.78 is 12.5. The Morgan fingerprint density at radius 3 is 2.22 bits per heavy atom. The zero-order valence-corrected chi connectivity index (χ0v) is 22.8. The third kappa shape index (κ3) is 7.84. The van der Waals surface area contributed by atoms with Crippen molar-refractivity contribution in [1.29, 1.82) is 0 Å². The number of carbonyl (C=O) groups excluding carboxylic acids is 3. The van der Waals surface area contributed by atoms with Crippen LogP contribution in [0, 0.1) is 0 Å². The highest BCUT2D eigenvalue weighted by Gasteiger charge is 2.31. The molecule has 2 aromatic carbocycles. The molecule has 1 aliphatic rings. The summed E-state index contributed by atoms with van der Waals surface area (Å²) >= 11 is 0. The molecule has 0 aliphatic carbocycles. The highest BCUT2D eigenvalue weighted by molar-refractivity contribution is 5.96. The number of amides is 3. The van der Waals surface area contributed by atoms with E-state index in [-0.39, 0.29) is 57.9 Å². The summed E-state index contributed by atoms with van der Waals surface area (Å²) in [6.45, 7) is 3.23. The minimum absolute atomic E-state index is 0.0113. The molecule has 12 nitrogen and oxygen atoms in total. The van der Waals surface area contributed by atoms with E-state index in [1.54, 1.807) is 6.92 Å². The molecule has 3 aromatic rings. The van der Waals surface area contributed by atoms with Crippen LogP contribution in [-0.4, -0.2) is 87.4 Å². The predicted octanol–water partition coefficient (Wildman–Crippen LogP) is 2.72. The highest BCUT2D eigenvalue weighted by Crippen LogP contribution is 2.21. The number of carboxylic acid groups (broad SMARTS) is 1. The maximum atomic E-state index is 13.4. The molecule has 1 aromatic heterocycles. The fourth-order valence-electron chi connectivity index (χ4n) is 4.37. The number of nitrogens with one attached hydrogen (secondary N) is 1. The van der Waals surface area contributed by atoms with E-state index >= 15 is 0 Å². The summed E-state index contributed by atoms with van der Waals surface area (Å²) in [4.78, 5) is 53.0. The molecule has 4 rings (SSSR count). The maximum absolute atomic E-state index is 13.4. The van der Waals surface area contributed by atoms with E-state index in [4.69, 9.17) is 9.47 Å². The zero-order chi connectivity index (χ0) is 29.2. The monoisotopic (exact) mass is 563 g/mol. The Kier molecular flexibility index (Phi) is 9.92. The van der Waals surface area contributed by atoms with Crippen LogP contribution in [0.3, 0.4) is 0 Å². The van der Waals surface area contributed by atoms with Gasteiger partial charge < -0.3 is 29.7 Å². The molecule has 3 amide bonds. The Balaban J connectivity index is 1.50. The van der Waals surface area contributed by atoms with Crippen molar-refractivity contribution in [1.82, 2.24) is 24.9 Å². The van der Waals surface area contributed by atoms with Gasteiger partial charge >= 0.3 is 12.1 Å². The number of ether oxygens (including phenoxy) is 2. The van der Waals surface area contributed by atoms with Crippen LogP contribution < -0.4 is 10.1 Å². The Hall–Kier alpha value is -4.87. The van der Waals surface area contributed by atoms with Crippen LogP contribution in [-0.2, 0) is 20.9 Å². The number of carbonyl (C=O) groups is 4. The molecule has 0 bridgehead atoms. The number of para-hydroxylation sites is 1. The van der Waals surface area contributed by atoms with Crippen LogP contribution >= 0.6 is 0 Å². The summed E-state index contributed by atoms with van der Waals surface area (Å²) in [5.74, 6) is -1.83. The van der Waals surface area contributed by atoms with Crippen molar-refractivity contribution < 1.29 is 33.8 Å². The van der Waals surface area contributed by atoms with Gasteiger partial charge in [0.15, 0.2) is 5.69 Å². The lowest BCUT2D eigenvalue weighted by Gasteiger charge is -2.35. The molecule has 1 fully saturated rings. The standard InChI is InChI=1S/C29H33N5O7/c1-2-40-29(39)33-17-15-32(16-18-33)28(38)23(13-14-26(35)36)30-27(37)24-19-25(41-20-21-9-5-3-6-10-21)34(31-24)22-11-7-4-8-12-22/h3-12,19,23H,2,13-18,20H2,1H3,(H,30,37)(H,35,36)/t23-/m0/s1. The second-order valence-corrected chi connectivity index (χ2v) is 9.36. The summed E-state index contributed by atoms with van der Waals surface area (Å²) in [6.07, 6.45) is -0.868. The number of aliphatic carboxylic acids is 1. The van der Waals surface area contributed by atoms with Gasteiger partial charge in [-0.2, -0.15) is 5.10 Å². The van der Waals surface area contributed by atoms with Crippen LogP contribution in [0.4, 0.5) is 4.79 Å². The van der Waals surface area contributed by atoms with Crippen LogP contribution in [0.5, 0.6) is 5.88 Å². The second-order valence-electron chi connectivity index (χ2n) is 9.36. The van der Waals surface area contributed by atoms with E-state index in [2.05, 4.69) is 10.4 Å². The lowest BCUT2D eigenvalue weighted by Crippen LogP contribution is -2.56. The molecule has 1 saturated heterocycles. The van der Waals surface area contributed by atoms with Gasteiger partial charge in [-0.1, -0.05) is 48.5 Å². The van der Waals surface area contributed by atoms with Crippen molar-refractivity contribution in [2.24, 2.45) is 0 Å². The van der Waals surface area contributed by atoms with Crippen LogP contribution in [0.15, 0.2) is 66.7 Å². The number of aromatic nitrogens is 2. The molecule has 0 radical (unpaired) electrons. The van der Waals surface area contributed by atoms with E-state index in [1.807, 2.05) is 60.7 Å². The van der Waals surface area contributed by atoms with Crippen molar-refractivity contribution in [2.45, 2.75) is 32.4 Å². The molecule has 0 spiro atoms. The smallest absolute Gasteiger partial charge is 0.409 e. The van der Waals surface area contributed by atoms with Gasteiger partial charge in [0.25, 0.3) is 5.91 Å². The number of benzene rings is 2. The number of nitrogens with zero attached hydrogens (tertiary/aromatic N) is 4. The molecule has 1 atom stereocenters. The van der Waals surface area contributed by atoms with E-state index < -0.39 is 29.9 Å². The van der Waals surface area contributed by atoms with E-state index in [0.717, 1.165) is 5.56 Å². The zero-order valence-electron chi connectivity index (χ0n) is 22.8. The van der Waals surface area contributed by atoms with Crippen molar-refractivity contribution in [3.63, 3.8) is 0 Å². The first-order valence-electron chi connectivity index (χ1n) is 13.4. The molecule has 41 heavy (non-hydrogen) atoms. The first kappa shape index (κ1) is 29.1. The quantitative estimate of drug-likeness (QED) is 0.363. The Bertz CT molecular complexity index is 1340. The molecule has 216 valence electrons. The van der Waals surface area contributed by atoms with Gasteiger partial charge in [0.05, 0.1) is 12.3 Å². The number of piperazine rings is 1. The van der Waals surface area contributed by atoms with E-state index in [1.165, 1.54) is 20.5 Å². The van der Waals surface area contributed by atoms with Gasteiger partial charge in [-0.05, 0) is 31.0 Å². The maximum Gasteiger partial charge on any atom is 0.409 e. The number of carboxylic acids is 1. The average molecular weight is 564 g/mol. The van der Waals surface area contributed by atoms with E-state index in [0.29, 0.717) is 11.6 Å². The molecular weight excluding hydrogens is 530 g/mol. The Morgan fingerprint density at radius 1 is 0.951 bits per heavy atom. The van der Waals surface area contributed by atoms with Crippen LogP contribution in [0.2, 0.25) is 0 Å². The minimum Gasteiger partial charge on any atom is -0.481 e. The van der Waals surface area contributed by atoms with Crippen molar-refractivity contribution in [3.05, 3.63) is 78.0 Å². The number of hydrogen-bond acceptors (Lipinski definition) is 7. The molecule has 0 unspecified atom stereocenters. The van der Waals surface area contributed by atoms with E-state index in [9.17, 15) is 24.3 Å². The third-order valence-corrected chi connectivity index (χ3v) is 6.51. The minimum atomic E-state index is -1.09. The molecule has 12 heteroatoms. The van der Waals surface area contributed by atoms with Gasteiger partial charge in [0.1, 0.15) is 12.6 Å². The van der Waals surface area contributed by atoms with Gasteiger partial charge in [0.2, 0.25) is 11.8 Å². The first-order chi connectivity index (χ1) is 19.9. The van der Waals surface area contributed by atoms with Gasteiger partial charge in [0, 0.05) is 38.7 Å². The highest BCUT2D eigenvalue weighted by atomic mass is 16.6. The summed E-state index contributed by atoms with van der Waals surface area (Å²) in [5.41, 5.74) is 1.62.